The normalized spacial score (nSPS) is 24.5. The Bertz CT molecular complexity index is 908. The summed E-state index contributed by atoms with van der Waals surface area (Å²) >= 11 is 0. The number of carbonyl (C=O) groups excluding carboxylic acids is 4. The maximum Gasteiger partial charge on any atom is 0.303 e. The van der Waals surface area contributed by atoms with Gasteiger partial charge in [0.15, 0.2) is 12.2 Å². The van der Waals surface area contributed by atoms with Gasteiger partial charge in [-0.2, -0.15) is 0 Å². The van der Waals surface area contributed by atoms with E-state index in [1.807, 2.05) is 32.9 Å². The van der Waals surface area contributed by atoms with E-state index in [0.29, 0.717) is 5.75 Å². The molecule has 1 amide bonds. The molecule has 5 atom stereocenters. The molecule has 0 radical (unpaired) electrons. The fourth-order valence-corrected chi connectivity index (χ4v) is 3.71. The molecule has 0 saturated carbocycles. The van der Waals surface area contributed by atoms with Crippen molar-refractivity contribution >= 4 is 23.8 Å². The van der Waals surface area contributed by atoms with E-state index in [0.717, 1.165) is 5.56 Å². The van der Waals surface area contributed by atoms with E-state index in [9.17, 15) is 19.2 Å². The van der Waals surface area contributed by atoms with E-state index in [-0.39, 0.29) is 12.0 Å². The fraction of sp³-hybridized carbons (Fsp3) is 0.583. The van der Waals surface area contributed by atoms with E-state index in [4.69, 9.17) is 23.7 Å². The number of benzene rings is 1. The van der Waals surface area contributed by atoms with Gasteiger partial charge < -0.3 is 29.0 Å². The van der Waals surface area contributed by atoms with Crippen LogP contribution in [0.1, 0.15) is 54.0 Å². The van der Waals surface area contributed by atoms with Crippen LogP contribution >= 0.6 is 0 Å². The van der Waals surface area contributed by atoms with Crippen LogP contribution in [0.5, 0.6) is 5.75 Å². The van der Waals surface area contributed by atoms with Crippen molar-refractivity contribution in [1.29, 1.82) is 0 Å². The second kappa shape index (κ2) is 11.3. The molecule has 0 aliphatic carbocycles. The molecule has 1 saturated heterocycles. The topological polar surface area (TPSA) is 126 Å². The van der Waals surface area contributed by atoms with Crippen molar-refractivity contribution in [1.82, 2.24) is 5.32 Å². The average Bonchev–Trinajstić information content (AvgIpc) is 2.69. The zero-order valence-electron chi connectivity index (χ0n) is 20.6. The molecule has 1 aliphatic heterocycles. The third-order valence-corrected chi connectivity index (χ3v) is 5.01. The first-order valence-corrected chi connectivity index (χ1v) is 11.0. The van der Waals surface area contributed by atoms with E-state index in [1.165, 1.54) is 27.7 Å². The number of rotatable bonds is 7. The average molecular weight is 480 g/mol. The van der Waals surface area contributed by atoms with Crippen LogP contribution in [0.25, 0.3) is 0 Å². The van der Waals surface area contributed by atoms with Gasteiger partial charge in [-0.3, -0.25) is 19.2 Å². The van der Waals surface area contributed by atoms with Crippen LogP contribution in [0, 0.1) is 0 Å². The Morgan fingerprint density at radius 3 is 2.03 bits per heavy atom. The Labute approximate surface area is 199 Å². The van der Waals surface area contributed by atoms with Gasteiger partial charge in [-0.05, 0) is 17.0 Å². The van der Waals surface area contributed by atoms with Crippen molar-refractivity contribution in [2.24, 2.45) is 0 Å². The van der Waals surface area contributed by atoms with Gasteiger partial charge in [-0.1, -0.05) is 39.0 Å². The number of ether oxygens (including phenoxy) is 5. The molecule has 1 aliphatic rings. The first-order valence-electron chi connectivity index (χ1n) is 11.0. The molecule has 10 heteroatoms. The highest BCUT2D eigenvalue weighted by Crippen LogP contribution is 2.34. The zero-order chi connectivity index (χ0) is 25.6. The number of nitrogens with one attached hydrogen (secondary N) is 1. The quantitative estimate of drug-likeness (QED) is 0.462. The van der Waals surface area contributed by atoms with Gasteiger partial charge in [0.2, 0.25) is 12.2 Å². The minimum Gasteiger partial charge on any atom is -0.463 e. The van der Waals surface area contributed by atoms with Crippen molar-refractivity contribution in [3.05, 3.63) is 29.8 Å². The Hall–Kier alpha value is -3.14. The number of carbonyl (C=O) groups is 4. The maximum absolute atomic E-state index is 12.1. The SMILES string of the molecule is CC(=O)N[C@@H]1[C@H](Oc2ccccc2C(C)(C)C)O[C@H](COC(C)=O)[C@@H](OC(C)=O)[C@H]1OC(C)=O. The summed E-state index contributed by atoms with van der Waals surface area (Å²) in [5, 5.41) is 2.69. The van der Waals surface area contributed by atoms with Gasteiger partial charge >= 0.3 is 17.9 Å². The first-order chi connectivity index (χ1) is 15.8. The lowest BCUT2D eigenvalue weighted by Gasteiger charge is -2.45. The van der Waals surface area contributed by atoms with Gasteiger partial charge in [0.05, 0.1) is 0 Å². The summed E-state index contributed by atoms with van der Waals surface area (Å²) < 4.78 is 28.3. The van der Waals surface area contributed by atoms with Crippen molar-refractivity contribution < 1.29 is 42.9 Å². The van der Waals surface area contributed by atoms with E-state index in [1.54, 1.807) is 12.1 Å². The molecule has 0 spiro atoms. The molecule has 0 bridgehead atoms. The van der Waals surface area contributed by atoms with Gasteiger partial charge in [-0.25, -0.2) is 0 Å². The highest BCUT2D eigenvalue weighted by Gasteiger charge is 2.52. The van der Waals surface area contributed by atoms with Crippen molar-refractivity contribution in [3.63, 3.8) is 0 Å². The lowest BCUT2D eigenvalue weighted by Crippen LogP contribution is -2.67. The third-order valence-electron chi connectivity index (χ3n) is 5.01. The number of para-hydroxylation sites is 1. The molecule has 1 N–H and O–H groups in total. The Morgan fingerprint density at radius 2 is 1.50 bits per heavy atom. The molecule has 1 aromatic rings. The molecule has 1 aromatic carbocycles. The van der Waals surface area contributed by atoms with Crippen LogP contribution in [0.3, 0.4) is 0 Å². The Balaban J connectivity index is 2.53. The van der Waals surface area contributed by atoms with Crippen LogP contribution in [0.15, 0.2) is 24.3 Å². The van der Waals surface area contributed by atoms with Gasteiger partial charge in [0.1, 0.15) is 24.5 Å². The molecule has 188 valence electrons. The predicted octanol–water partition coefficient (Wildman–Crippen LogP) is 2.02. The molecule has 34 heavy (non-hydrogen) atoms. The second-order valence-electron chi connectivity index (χ2n) is 9.08. The lowest BCUT2D eigenvalue weighted by atomic mass is 9.86. The van der Waals surface area contributed by atoms with Crippen molar-refractivity contribution in [2.75, 3.05) is 6.61 Å². The zero-order valence-corrected chi connectivity index (χ0v) is 20.6. The van der Waals surface area contributed by atoms with E-state index >= 15 is 0 Å². The predicted molar refractivity (Wildman–Crippen MR) is 120 cm³/mol. The summed E-state index contributed by atoms with van der Waals surface area (Å²) in [5.41, 5.74) is 0.601. The van der Waals surface area contributed by atoms with Crippen LogP contribution in [0.2, 0.25) is 0 Å². The number of hydrogen-bond donors (Lipinski definition) is 1. The molecule has 0 aromatic heterocycles. The second-order valence-corrected chi connectivity index (χ2v) is 9.08. The van der Waals surface area contributed by atoms with Crippen LogP contribution in [0.4, 0.5) is 0 Å². The summed E-state index contributed by atoms with van der Waals surface area (Å²) in [4.78, 5) is 47.3. The number of hydrogen-bond acceptors (Lipinski definition) is 9. The highest BCUT2D eigenvalue weighted by atomic mass is 16.7. The smallest absolute Gasteiger partial charge is 0.303 e. The van der Waals surface area contributed by atoms with Gasteiger partial charge in [0.25, 0.3) is 0 Å². The highest BCUT2D eigenvalue weighted by molar-refractivity contribution is 5.73. The largest absolute Gasteiger partial charge is 0.463 e. The third kappa shape index (κ3) is 7.44. The molecule has 2 rings (SSSR count). The van der Waals surface area contributed by atoms with Crippen LogP contribution in [-0.2, 0) is 43.5 Å². The standard InChI is InChI=1S/C24H33NO9/c1-13(26)25-20-22(32-16(4)29)21(31-15(3)28)19(12-30-14(2)27)34-23(20)33-18-11-9-8-10-17(18)24(5,6)7/h8-11,19-23H,12H2,1-7H3,(H,25,26)/t19-,20+,21-,22+,23-/m1/s1. The first kappa shape index (κ1) is 27.1. The van der Waals surface area contributed by atoms with E-state index < -0.39 is 54.5 Å². The minimum atomic E-state index is -1.17. The summed E-state index contributed by atoms with van der Waals surface area (Å²) in [6.07, 6.45) is -4.54. The molecule has 1 heterocycles. The van der Waals surface area contributed by atoms with E-state index in [2.05, 4.69) is 5.32 Å². The monoisotopic (exact) mass is 479 g/mol. The maximum atomic E-state index is 12.1. The Kier molecular flexibility index (Phi) is 9.03. The van der Waals surface area contributed by atoms with Crippen LogP contribution in [-0.4, -0.2) is 61.1 Å². The molecule has 1 fully saturated rings. The summed E-state index contributed by atoms with van der Waals surface area (Å²) in [7, 11) is 0. The number of esters is 3. The van der Waals surface area contributed by atoms with Gasteiger partial charge in [0, 0.05) is 27.7 Å². The molecular weight excluding hydrogens is 446 g/mol. The van der Waals surface area contributed by atoms with Crippen LogP contribution < -0.4 is 10.1 Å². The Morgan fingerprint density at radius 1 is 0.912 bits per heavy atom. The summed E-state index contributed by atoms with van der Waals surface area (Å²) in [5.74, 6) is -1.86. The molecular formula is C24H33NO9. The minimum absolute atomic E-state index is 0.276. The van der Waals surface area contributed by atoms with Crippen molar-refractivity contribution in [2.45, 2.75) is 84.5 Å². The van der Waals surface area contributed by atoms with Crippen molar-refractivity contribution in [3.8, 4) is 5.75 Å². The lowest BCUT2D eigenvalue weighted by molar-refractivity contribution is -0.257. The molecule has 0 unspecified atom stereocenters. The fourth-order valence-electron chi connectivity index (χ4n) is 3.71. The summed E-state index contributed by atoms with van der Waals surface area (Å²) in [6.45, 7) is 10.6. The molecule has 10 nitrogen and oxygen atoms in total. The number of amides is 1. The van der Waals surface area contributed by atoms with Gasteiger partial charge in [-0.15, -0.1) is 0 Å². The summed E-state index contributed by atoms with van der Waals surface area (Å²) in [6, 6.07) is 6.31.